The molecule has 2 aromatic heterocycles. The number of furan rings is 1. The molecule has 0 saturated heterocycles. The first-order valence-corrected chi connectivity index (χ1v) is 19.9. The van der Waals surface area contributed by atoms with E-state index in [1.54, 1.807) is 0 Å². The van der Waals surface area contributed by atoms with Crippen LogP contribution in [0.2, 0.25) is 0 Å². The van der Waals surface area contributed by atoms with Crippen molar-refractivity contribution in [1.82, 2.24) is 15.0 Å². The van der Waals surface area contributed by atoms with Crippen molar-refractivity contribution in [3.8, 4) is 78.7 Å². The van der Waals surface area contributed by atoms with Gasteiger partial charge in [-0.15, -0.1) is 0 Å². The SMILES string of the molecule is c1ccc(-c2ccccc2-c2nc(-c3ccc(-c4cccc5c(-c6ccc7oc8ccccc8c7c6)cccc45)cc3)nc(-c3ccccc3-c3ccccc3)n2)cc1. The summed E-state index contributed by atoms with van der Waals surface area (Å²) < 4.78 is 6.14. The Morgan fingerprint density at radius 1 is 0.237 bits per heavy atom. The summed E-state index contributed by atoms with van der Waals surface area (Å²) in [6.07, 6.45) is 0. The highest BCUT2D eigenvalue weighted by Crippen LogP contribution is 2.39. The molecule has 0 aliphatic rings. The molecule has 2 heterocycles. The summed E-state index contributed by atoms with van der Waals surface area (Å²) in [4.78, 5) is 15.6. The average molecular weight is 754 g/mol. The van der Waals surface area contributed by atoms with Crippen LogP contribution in [-0.4, -0.2) is 15.0 Å². The Morgan fingerprint density at radius 3 is 1.25 bits per heavy atom. The molecule has 11 rings (SSSR count). The van der Waals surface area contributed by atoms with Gasteiger partial charge in [0, 0.05) is 27.5 Å². The van der Waals surface area contributed by atoms with Gasteiger partial charge in [0.15, 0.2) is 17.5 Å². The van der Waals surface area contributed by atoms with Gasteiger partial charge in [-0.05, 0) is 73.5 Å². The Balaban J connectivity index is 1.02. The number of hydrogen-bond acceptors (Lipinski definition) is 4. The molecule has 11 aromatic rings. The van der Waals surface area contributed by atoms with Gasteiger partial charge in [0.1, 0.15) is 11.2 Å². The van der Waals surface area contributed by atoms with Crippen molar-refractivity contribution in [1.29, 1.82) is 0 Å². The van der Waals surface area contributed by atoms with Crippen LogP contribution in [0.15, 0.2) is 217 Å². The zero-order valence-corrected chi connectivity index (χ0v) is 32.0. The van der Waals surface area contributed by atoms with E-state index >= 15 is 0 Å². The molecule has 0 atom stereocenters. The van der Waals surface area contributed by atoms with Crippen LogP contribution < -0.4 is 0 Å². The molecule has 4 nitrogen and oxygen atoms in total. The molecule has 0 fully saturated rings. The number of aromatic nitrogens is 3. The number of nitrogens with zero attached hydrogens (tertiary/aromatic N) is 3. The maximum absolute atomic E-state index is 6.14. The first-order chi connectivity index (χ1) is 29.2. The van der Waals surface area contributed by atoms with Crippen LogP contribution in [0.3, 0.4) is 0 Å². The Labute approximate surface area is 341 Å². The maximum Gasteiger partial charge on any atom is 0.164 e. The molecule has 0 bridgehead atoms. The zero-order chi connectivity index (χ0) is 39.1. The van der Waals surface area contributed by atoms with Crippen LogP contribution in [0.1, 0.15) is 0 Å². The standard InChI is InChI=1S/C55H35N3O/c1-3-15-36(16-4-1)42-19-7-9-22-48(42)54-56-53(57-55(58-54)49-23-10-8-20-43(49)37-17-5-2-6-18-37)39-31-29-38(30-32-39)41-24-13-27-46-44(25-14-26-45(41)46)40-33-34-52-50(35-40)47-21-11-12-28-51(47)59-52/h1-35H. The minimum Gasteiger partial charge on any atom is -0.456 e. The van der Waals surface area contributed by atoms with E-state index in [0.717, 1.165) is 77.6 Å². The van der Waals surface area contributed by atoms with Crippen molar-refractivity contribution < 1.29 is 4.42 Å². The van der Waals surface area contributed by atoms with Crippen LogP contribution in [0.4, 0.5) is 0 Å². The summed E-state index contributed by atoms with van der Waals surface area (Å²) in [6.45, 7) is 0. The molecule has 0 spiro atoms. The third-order valence-electron chi connectivity index (χ3n) is 11.2. The van der Waals surface area contributed by atoms with Gasteiger partial charge >= 0.3 is 0 Å². The van der Waals surface area contributed by atoms with Crippen LogP contribution in [0.25, 0.3) is 111 Å². The third kappa shape index (κ3) is 6.24. The van der Waals surface area contributed by atoms with Crippen molar-refractivity contribution in [3.63, 3.8) is 0 Å². The lowest BCUT2D eigenvalue weighted by Crippen LogP contribution is -2.02. The smallest absolute Gasteiger partial charge is 0.164 e. The first-order valence-electron chi connectivity index (χ1n) is 19.9. The van der Waals surface area contributed by atoms with Crippen molar-refractivity contribution in [3.05, 3.63) is 212 Å². The molecule has 0 N–H and O–H groups in total. The second-order valence-electron chi connectivity index (χ2n) is 14.7. The van der Waals surface area contributed by atoms with Crippen molar-refractivity contribution in [2.75, 3.05) is 0 Å². The van der Waals surface area contributed by atoms with E-state index in [1.807, 2.05) is 36.4 Å². The molecular formula is C55H35N3O. The fourth-order valence-electron chi connectivity index (χ4n) is 8.35. The summed E-state index contributed by atoms with van der Waals surface area (Å²) in [5.41, 5.74) is 13.6. The fourth-order valence-corrected chi connectivity index (χ4v) is 8.35. The molecule has 59 heavy (non-hydrogen) atoms. The topological polar surface area (TPSA) is 51.8 Å². The normalized spacial score (nSPS) is 11.4. The fraction of sp³-hybridized carbons (Fsp3) is 0. The van der Waals surface area contributed by atoms with Crippen molar-refractivity contribution in [2.45, 2.75) is 0 Å². The Kier molecular flexibility index (Phi) is 8.45. The molecule has 0 amide bonds. The van der Waals surface area contributed by atoms with Gasteiger partial charge in [-0.25, -0.2) is 15.0 Å². The van der Waals surface area contributed by atoms with Crippen LogP contribution in [-0.2, 0) is 0 Å². The summed E-state index contributed by atoms with van der Waals surface area (Å²) in [7, 11) is 0. The van der Waals surface area contributed by atoms with Gasteiger partial charge in [-0.3, -0.25) is 0 Å². The third-order valence-corrected chi connectivity index (χ3v) is 11.2. The summed E-state index contributed by atoms with van der Waals surface area (Å²) in [5.74, 6) is 1.86. The van der Waals surface area contributed by atoms with E-state index in [0.29, 0.717) is 17.5 Å². The number of para-hydroxylation sites is 1. The molecule has 0 radical (unpaired) electrons. The van der Waals surface area contributed by atoms with Gasteiger partial charge in [-0.1, -0.05) is 194 Å². The number of benzene rings is 9. The predicted molar refractivity (Wildman–Crippen MR) is 243 cm³/mol. The number of hydrogen-bond donors (Lipinski definition) is 0. The van der Waals surface area contributed by atoms with E-state index < -0.39 is 0 Å². The van der Waals surface area contributed by atoms with Gasteiger partial charge < -0.3 is 4.42 Å². The summed E-state index contributed by atoms with van der Waals surface area (Å²) in [5, 5.41) is 4.64. The van der Waals surface area contributed by atoms with E-state index in [2.05, 4.69) is 176 Å². The van der Waals surface area contributed by atoms with Gasteiger partial charge in [0.2, 0.25) is 0 Å². The van der Waals surface area contributed by atoms with Gasteiger partial charge in [-0.2, -0.15) is 0 Å². The van der Waals surface area contributed by atoms with E-state index in [4.69, 9.17) is 19.4 Å². The monoisotopic (exact) mass is 753 g/mol. The van der Waals surface area contributed by atoms with Crippen LogP contribution >= 0.6 is 0 Å². The number of fused-ring (bicyclic) bond motifs is 4. The molecule has 0 aliphatic heterocycles. The predicted octanol–water partition coefficient (Wildman–Crippen LogP) is 14.6. The first kappa shape index (κ1) is 34.3. The lowest BCUT2D eigenvalue weighted by molar-refractivity contribution is 0.669. The highest BCUT2D eigenvalue weighted by atomic mass is 16.3. The Hall–Kier alpha value is -7.95. The second-order valence-corrected chi connectivity index (χ2v) is 14.7. The van der Waals surface area contributed by atoms with E-state index in [1.165, 1.54) is 16.3 Å². The second kappa shape index (κ2) is 14.5. The minimum atomic E-state index is 0.615. The van der Waals surface area contributed by atoms with Gasteiger partial charge in [0.25, 0.3) is 0 Å². The molecule has 0 aliphatic carbocycles. The van der Waals surface area contributed by atoms with Crippen molar-refractivity contribution in [2.24, 2.45) is 0 Å². The maximum atomic E-state index is 6.14. The number of rotatable bonds is 7. The lowest BCUT2D eigenvalue weighted by Gasteiger charge is -2.14. The summed E-state index contributed by atoms with van der Waals surface area (Å²) in [6, 6.07) is 74.0. The Morgan fingerprint density at radius 2 is 0.644 bits per heavy atom. The summed E-state index contributed by atoms with van der Waals surface area (Å²) >= 11 is 0. The largest absolute Gasteiger partial charge is 0.456 e. The quantitative estimate of drug-likeness (QED) is 0.163. The highest BCUT2D eigenvalue weighted by Gasteiger charge is 2.18. The highest BCUT2D eigenvalue weighted by molar-refractivity contribution is 6.09. The Bertz CT molecular complexity index is 3210. The lowest BCUT2D eigenvalue weighted by atomic mass is 9.92. The van der Waals surface area contributed by atoms with Gasteiger partial charge in [0.05, 0.1) is 0 Å². The molecular weight excluding hydrogens is 719 g/mol. The minimum absolute atomic E-state index is 0.615. The average Bonchev–Trinajstić information content (AvgIpc) is 3.70. The van der Waals surface area contributed by atoms with E-state index in [9.17, 15) is 0 Å². The van der Waals surface area contributed by atoms with E-state index in [-0.39, 0.29) is 0 Å². The van der Waals surface area contributed by atoms with Crippen LogP contribution in [0.5, 0.6) is 0 Å². The molecule has 0 saturated carbocycles. The molecule has 276 valence electrons. The van der Waals surface area contributed by atoms with Crippen LogP contribution in [0, 0.1) is 0 Å². The van der Waals surface area contributed by atoms with Crippen molar-refractivity contribution >= 4 is 32.7 Å². The molecule has 4 heteroatoms. The molecule has 0 unspecified atom stereocenters. The molecule has 9 aromatic carbocycles. The zero-order valence-electron chi connectivity index (χ0n) is 32.0.